The molecule has 0 saturated carbocycles. The molecule has 0 aliphatic carbocycles. The highest BCUT2D eigenvalue weighted by Gasteiger charge is 2.22. The lowest BCUT2D eigenvalue weighted by molar-refractivity contribution is 0.201. The van der Waals surface area contributed by atoms with E-state index in [9.17, 15) is 8.78 Å². The number of nitrogens with two attached hydrogens (primary N) is 1. The molecule has 7 heteroatoms. The SMILES string of the molecule is CC(C)CC(C)(N)COc1ncc(-c2ccnc3cc(F)cc(F)c23)cc1Cl. The molecule has 0 radical (unpaired) electrons. The Labute approximate surface area is 167 Å². The van der Waals surface area contributed by atoms with E-state index in [1.54, 1.807) is 12.1 Å². The number of ether oxygens (including phenoxy) is 1. The Hall–Kier alpha value is -2.31. The zero-order chi connectivity index (χ0) is 20.5. The Bertz CT molecular complexity index is 1010. The van der Waals surface area contributed by atoms with Crippen LogP contribution in [0.25, 0.3) is 22.0 Å². The van der Waals surface area contributed by atoms with Crippen LogP contribution < -0.4 is 10.5 Å². The van der Waals surface area contributed by atoms with Gasteiger partial charge in [0.25, 0.3) is 0 Å². The summed E-state index contributed by atoms with van der Waals surface area (Å²) in [7, 11) is 0. The molecule has 0 spiro atoms. The number of halogens is 3. The fourth-order valence-corrected chi connectivity index (χ4v) is 3.57. The summed E-state index contributed by atoms with van der Waals surface area (Å²) >= 11 is 6.33. The van der Waals surface area contributed by atoms with E-state index in [0.717, 1.165) is 12.5 Å². The third kappa shape index (κ3) is 4.56. The first-order chi connectivity index (χ1) is 13.2. The number of aromatic nitrogens is 2. The van der Waals surface area contributed by atoms with E-state index >= 15 is 0 Å². The Morgan fingerprint density at radius 1 is 1.21 bits per heavy atom. The van der Waals surface area contributed by atoms with E-state index in [2.05, 4.69) is 23.8 Å². The van der Waals surface area contributed by atoms with Crippen molar-refractivity contribution in [3.63, 3.8) is 0 Å². The highest BCUT2D eigenvalue weighted by molar-refractivity contribution is 6.32. The van der Waals surface area contributed by atoms with Gasteiger partial charge < -0.3 is 10.5 Å². The van der Waals surface area contributed by atoms with Crippen LogP contribution in [0, 0.1) is 17.6 Å². The number of pyridine rings is 2. The van der Waals surface area contributed by atoms with E-state index in [1.165, 1.54) is 18.5 Å². The summed E-state index contributed by atoms with van der Waals surface area (Å²) in [6.45, 7) is 6.37. The van der Waals surface area contributed by atoms with Crippen molar-refractivity contribution in [1.82, 2.24) is 9.97 Å². The van der Waals surface area contributed by atoms with Crippen LogP contribution in [0.15, 0.2) is 36.7 Å². The molecule has 2 N–H and O–H groups in total. The second kappa shape index (κ2) is 7.97. The van der Waals surface area contributed by atoms with Gasteiger partial charge in [0.2, 0.25) is 5.88 Å². The van der Waals surface area contributed by atoms with E-state index in [1.807, 2.05) is 6.92 Å². The van der Waals surface area contributed by atoms with Gasteiger partial charge in [-0.05, 0) is 37.0 Å². The van der Waals surface area contributed by atoms with Crippen molar-refractivity contribution in [3.05, 3.63) is 53.3 Å². The van der Waals surface area contributed by atoms with Gasteiger partial charge in [0, 0.05) is 41.0 Å². The highest BCUT2D eigenvalue weighted by Crippen LogP contribution is 2.33. The molecule has 4 nitrogen and oxygen atoms in total. The van der Waals surface area contributed by atoms with Gasteiger partial charge in [0.15, 0.2) is 0 Å². The van der Waals surface area contributed by atoms with Crippen LogP contribution in [0.4, 0.5) is 8.78 Å². The topological polar surface area (TPSA) is 61.0 Å². The molecule has 1 atom stereocenters. The molecule has 0 aliphatic rings. The largest absolute Gasteiger partial charge is 0.475 e. The van der Waals surface area contributed by atoms with Gasteiger partial charge in [0.05, 0.1) is 5.52 Å². The second-order valence-corrected chi connectivity index (χ2v) is 8.10. The zero-order valence-electron chi connectivity index (χ0n) is 16.0. The molecule has 1 unspecified atom stereocenters. The average molecular weight is 406 g/mol. The third-order valence-corrected chi connectivity index (χ3v) is 4.56. The molecule has 0 bridgehead atoms. The number of hydrogen-bond donors (Lipinski definition) is 1. The van der Waals surface area contributed by atoms with Gasteiger partial charge in [-0.25, -0.2) is 13.8 Å². The maximum absolute atomic E-state index is 14.4. The molecule has 3 aromatic rings. The summed E-state index contributed by atoms with van der Waals surface area (Å²) in [6, 6.07) is 5.29. The van der Waals surface area contributed by atoms with E-state index in [-0.39, 0.29) is 28.4 Å². The summed E-state index contributed by atoms with van der Waals surface area (Å²) in [6.07, 6.45) is 3.82. The monoisotopic (exact) mass is 405 g/mol. The summed E-state index contributed by atoms with van der Waals surface area (Å²) in [4.78, 5) is 8.30. The number of benzene rings is 1. The van der Waals surface area contributed by atoms with E-state index in [0.29, 0.717) is 17.0 Å². The maximum Gasteiger partial charge on any atom is 0.232 e. The van der Waals surface area contributed by atoms with Crippen molar-refractivity contribution in [3.8, 4) is 17.0 Å². The quantitative estimate of drug-likeness (QED) is 0.598. The molecule has 0 aliphatic heterocycles. The van der Waals surface area contributed by atoms with Gasteiger partial charge >= 0.3 is 0 Å². The molecule has 148 valence electrons. The van der Waals surface area contributed by atoms with Crippen LogP contribution in [-0.2, 0) is 0 Å². The molecular formula is C21H22ClF2N3O. The number of rotatable bonds is 6. The fourth-order valence-electron chi connectivity index (χ4n) is 3.35. The lowest BCUT2D eigenvalue weighted by Crippen LogP contribution is -2.43. The van der Waals surface area contributed by atoms with Crippen molar-refractivity contribution < 1.29 is 13.5 Å². The van der Waals surface area contributed by atoms with Crippen molar-refractivity contribution in [1.29, 1.82) is 0 Å². The number of fused-ring (bicyclic) bond motifs is 1. The molecule has 1 aromatic carbocycles. The standard InChI is InChI=1S/C21H22ClF2N3O/c1-12(2)9-21(3,25)11-28-20-16(22)6-13(10-27-20)15-4-5-26-18-8-14(23)7-17(24)19(15)18/h4-8,10,12H,9,11,25H2,1-3H3. The van der Waals surface area contributed by atoms with Gasteiger partial charge in [-0.15, -0.1) is 0 Å². The normalized spacial score (nSPS) is 13.7. The van der Waals surface area contributed by atoms with Crippen molar-refractivity contribution in [2.24, 2.45) is 11.7 Å². The minimum absolute atomic E-state index is 0.210. The predicted molar refractivity (Wildman–Crippen MR) is 107 cm³/mol. The van der Waals surface area contributed by atoms with Crippen molar-refractivity contribution in [2.75, 3.05) is 6.61 Å². The average Bonchev–Trinajstić information content (AvgIpc) is 2.58. The maximum atomic E-state index is 14.4. The summed E-state index contributed by atoms with van der Waals surface area (Å²) in [5.41, 5.74) is 7.06. The van der Waals surface area contributed by atoms with Crippen LogP contribution >= 0.6 is 11.6 Å². The highest BCUT2D eigenvalue weighted by atomic mass is 35.5. The zero-order valence-corrected chi connectivity index (χ0v) is 16.7. The van der Waals surface area contributed by atoms with Gasteiger partial charge in [-0.2, -0.15) is 0 Å². The van der Waals surface area contributed by atoms with Crippen molar-refractivity contribution >= 4 is 22.5 Å². The predicted octanol–water partition coefficient (Wildman–Crippen LogP) is 5.37. The Kier molecular flexibility index (Phi) is 5.82. The summed E-state index contributed by atoms with van der Waals surface area (Å²) in [5, 5.41) is 0.493. The molecule has 2 aromatic heterocycles. The molecule has 0 saturated heterocycles. The molecule has 0 fully saturated rings. The molecule has 28 heavy (non-hydrogen) atoms. The Morgan fingerprint density at radius 3 is 2.64 bits per heavy atom. The van der Waals surface area contributed by atoms with Gasteiger partial charge in [-0.1, -0.05) is 25.4 Å². The van der Waals surface area contributed by atoms with Crippen LogP contribution in [0.5, 0.6) is 5.88 Å². The van der Waals surface area contributed by atoms with Gasteiger partial charge in [0.1, 0.15) is 23.3 Å². The smallest absolute Gasteiger partial charge is 0.232 e. The van der Waals surface area contributed by atoms with Crippen LogP contribution in [0.3, 0.4) is 0 Å². The summed E-state index contributed by atoms with van der Waals surface area (Å²) < 4.78 is 33.5. The molecule has 2 heterocycles. The second-order valence-electron chi connectivity index (χ2n) is 7.69. The van der Waals surface area contributed by atoms with Crippen LogP contribution in [0.1, 0.15) is 27.2 Å². The van der Waals surface area contributed by atoms with Crippen LogP contribution in [0.2, 0.25) is 5.02 Å². The first-order valence-corrected chi connectivity index (χ1v) is 9.35. The fraction of sp³-hybridized carbons (Fsp3) is 0.333. The lowest BCUT2D eigenvalue weighted by atomic mass is 9.93. The minimum Gasteiger partial charge on any atom is -0.475 e. The Balaban J connectivity index is 1.90. The first kappa shape index (κ1) is 20.4. The van der Waals surface area contributed by atoms with Gasteiger partial charge in [-0.3, -0.25) is 4.98 Å². The number of nitrogens with zero attached hydrogens (tertiary/aromatic N) is 2. The lowest BCUT2D eigenvalue weighted by Gasteiger charge is -2.26. The number of hydrogen-bond acceptors (Lipinski definition) is 4. The first-order valence-electron chi connectivity index (χ1n) is 8.97. The van der Waals surface area contributed by atoms with Crippen molar-refractivity contribution in [2.45, 2.75) is 32.7 Å². The Morgan fingerprint density at radius 2 is 1.96 bits per heavy atom. The van der Waals surface area contributed by atoms with Crippen LogP contribution in [-0.4, -0.2) is 22.1 Å². The molecular weight excluding hydrogens is 384 g/mol. The third-order valence-electron chi connectivity index (χ3n) is 4.29. The minimum atomic E-state index is -0.692. The van der Waals surface area contributed by atoms with E-state index < -0.39 is 17.2 Å². The molecule has 3 rings (SSSR count). The summed E-state index contributed by atoms with van der Waals surface area (Å²) in [5.74, 6) is -0.678. The molecule has 0 amide bonds. The van der Waals surface area contributed by atoms with E-state index in [4.69, 9.17) is 22.1 Å².